The predicted octanol–water partition coefficient (Wildman–Crippen LogP) is 1.37. The summed E-state index contributed by atoms with van der Waals surface area (Å²) in [4.78, 5) is 0. The maximum Gasteiger partial charge on any atom is 0.0805 e. The zero-order valence-corrected chi connectivity index (χ0v) is 14.5. The summed E-state index contributed by atoms with van der Waals surface area (Å²) in [6.45, 7) is 5.89. The lowest BCUT2D eigenvalue weighted by Gasteiger charge is -2.21. The number of methoxy groups -OCH3 is 2. The van der Waals surface area contributed by atoms with Crippen molar-refractivity contribution >= 4 is 0 Å². The Morgan fingerprint density at radius 1 is 0.727 bits per heavy atom. The molecule has 0 aliphatic rings. The maximum absolute atomic E-state index is 9.52. The molecule has 134 valence electrons. The molecule has 0 aromatic carbocycles. The van der Waals surface area contributed by atoms with E-state index in [-0.39, 0.29) is 12.2 Å². The third-order valence-corrected chi connectivity index (χ3v) is 3.50. The second-order valence-electron chi connectivity index (χ2n) is 5.65. The molecule has 22 heavy (non-hydrogen) atoms. The van der Waals surface area contributed by atoms with E-state index in [1.807, 2.05) is 13.8 Å². The number of rotatable bonds is 15. The molecule has 6 heteroatoms. The van der Waals surface area contributed by atoms with Gasteiger partial charge >= 0.3 is 0 Å². The standard InChI is InChI=1S/C16H34O6/c1-13(21-9-5-7-15(17)11-19-3)14(2)22-10-6-8-16(18)12-20-4/h13-18H,5-12H2,1-4H3. The van der Waals surface area contributed by atoms with Gasteiger partial charge in [-0.15, -0.1) is 0 Å². The minimum absolute atomic E-state index is 0.00321. The zero-order chi connectivity index (χ0) is 16.8. The molecule has 0 saturated heterocycles. The number of hydrogen-bond acceptors (Lipinski definition) is 6. The highest BCUT2D eigenvalue weighted by Gasteiger charge is 2.13. The SMILES string of the molecule is COCC(O)CCCOC(C)C(C)OCCCC(O)COC. The van der Waals surface area contributed by atoms with E-state index in [0.717, 1.165) is 12.8 Å². The smallest absolute Gasteiger partial charge is 0.0805 e. The average molecular weight is 322 g/mol. The van der Waals surface area contributed by atoms with Crippen LogP contribution < -0.4 is 0 Å². The van der Waals surface area contributed by atoms with Crippen molar-refractivity contribution in [3.63, 3.8) is 0 Å². The first kappa shape index (κ1) is 21.8. The molecule has 0 saturated carbocycles. The van der Waals surface area contributed by atoms with E-state index in [0.29, 0.717) is 39.3 Å². The van der Waals surface area contributed by atoms with E-state index in [1.165, 1.54) is 0 Å². The van der Waals surface area contributed by atoms with Gasteiger partial charge in [-0.05, 0) is 39.5 Å². The lowest BCUT2D eigenvalue weighted by Crippen LogP contribution is -2.27. The van der Waals surface area contributed by atoms with Crippen molar-refractivity contribution in [3.8, 4) is 0 Å². The van der Waals surface area contributed by atoms with Gasteiger partial charge < -0.3 is 29.2 Å². The van der Waals surface area contributed by atoms with E-state index in [9.17, 15) is 10.2 Å². The Balaban J connectivity index is 3.56. The fourth-order valence-electron chi connectivity index (χ4n) is 2.00. The monoisotopic (exact) mass is 322 g/mol. The van der Waals surface area contributed by atoms with Crippen molar-refractivity contribution in [2.24, 2.45) is 0 Å². The largest absolute Gasteiger partial charge is 0.391 e. The van der Waals surface area contributed by atoms with Crippen LogP contribution in [0.3, 0.4) is 0 Å². The Morgan fingerprint density at radius 3 is 1.41 bits per heavy atom. The zero-order valence-electron chi connectivity index (χ0n) is 14.5. The maximum atomic E-state index is 9.52. The van der Waals surface area contributed by atoms with Gasteiger partial charge in [0.2, 0.25) is 0 Å². The molecule has 4 atom stereocenters. The highest BCUT2D eigenvalue weighted by atomic mass is 16.5. The number of aliphatic hydroxyl groups is 2. The Labute approximate surface area is 134 Å². The lowest BCUT2D eigenvalue weighted by atomic mass is 10.2. The molecule has 0 rings (SSSR count). The summed E-state index contributed by atoms with van der Waals surface area (Å²) in [6.07, 6.45) is 2.11. The summed E-state index contributed by atoms with van der Waals surface area (Å²) < 4.78 is 21.1. The topological polar surface area (TPSA) is 77.4 Å². The fraction of sp³-hybridized carbons (Fsp3) is 1.00. The van der Waals surface area contributed by atoms with Crippen molar-refractivity contribution in [2.75, 3.05) is 40.6 Å². The van der Waals surface area contributed by atoms with Gasteiger partial charge in [0.1, 0.15) is 0 Å². The van der Waals surface area contributed by atoms with Crippen molar-refractivity contribution in [2.45, 2.75) is 63.9 Å². The lowest BCUT2D eigenvalue weighted by molar-refractivity contribution is -0.0616. The van der Waals surface area contributed by atoms with Crippen LogP contribution in [0.25, 0.3) is 0 Å². The summed E-state index contributed by atoms with van der Waals surface area (Å²) in [5.74, 6) is 0. The highest BCUT2D eigenvalue weighted by molar-refractivity contribution is 4.62. The quantitative estimate of drug-likeness (QED) is 0.444. The summed E-state index contributed by atoms with van der Waals surface area (Å²) in [7, 11) is 3.16. The molecule has 6 nitrogen and oxygen atoms in total. The van der Waals surface area contributed by atoms with Gasteiger partial charge in [-0.3, -0.25) is 0 Å². The van der Waals surface area contributed by atoms with Crippen LogP contribution >= 0.6 is 0 Å². The van der Waals surface area contributed by atoms with Gasteiger partial charge in [-0.1, -0.05) is 0 Å². The molecule has 0 radical (unpaired) electrons. The Kier molecular flexibility index (Phi) is 14.2. The molecule has 0 spiro atoms. The van der Waals surface area contributed by atoms with E-state index in [1.54, 1.807) is 14.2 Å². The first-order chi connectivity index (χ1) is 10.5. The van der Waals surface area contributed by atoms with Gasteiger partial charge in [0.15, 0.2) is 0 Å². The number of hydrogen-bond donors (Lipinski definition) is 2. The molecule has 0 heterocycles. The molecular weight excluding hydrogens is 288 g/mol. The van der Waals surface area contributed by atoms with Crippen LogP contribution in [0.15, 0.2) is 0 Å². The van der Waals surface area contributed by atoms with Crippen molar-refractivity contribution < 1.29 is 29.2 Å². The van der Waals surface area contributed by atoms with Crippen molar-refractivity contribution in [1.29, 1.82) is 0 Å². The van der Waals surface area contributed by atoms with Crippen LogP contribution in [0.1, 0.15) is 39.5 Å². The van der Waals surface area contributed by atoms with Crippen LogP contribution in [0.5, 0.6) is 0 Å². The van der Waals surface area contributed by atoms with E-state index >= 15 is 0 Å². The van der Waals surface area contributed by atoms with Crippen molar-refractivity contribution in [3.05, 3.63) is 0 Å². The van der Waals surface area contributed by atoms with Crippen LogP contribution in [0.4, 0.5) is 0 Å². The van der Waals surface area contributed by atoms with Crippen LogP contribution in [-0.2, 0) is 18.9 Å². The summed E-state index contributed by atoms with van der Waals surface area (Å²) in [5.41, 5.74) is 0. The normalized spacial score (nSPS) is 17.2. The second-order valence-corrected chi connectivity index (χ2v) is 5.65. The Morgan fingerprint density at radius 2 is 1.09 bits per heavy atom. The average Bonchev–Trinajstić information content (AvgIpc) is 2.48. The molecule has 0 amide bonds. The summed E-state index contributed by atoms with van der Waals surface area (Å²) in [5, 5.41) is 19.0. The molecule has 2 N–H and O–H groups in total. The first-order valence-corrected chi connectivity index (χ1v) is 8.08. The van der Waals surface area contributed by atoms with Crippen molar-refractivity contribution in [1.82, 2.24) is 0 Å². The van der Waals surface area contributed by atoms with Crippen LogP contribution in [0.2, 0.25) is 0 Å². The van der Waals surface area contributed by atoms with Crippen LogP contribution in [-0.4, -0.2) is 75.3 Å². The third kappa shape index (κ3) is 12.3. The van der Waals surface area contributed by atoms with Gasteiger partial charge in [0, 0.05) is 27.4 Å². The van der Waals surface area contributed by atoms with Crippen LogP contribution in [0, 0.1) is 0 Å². The minimum atomic E-state index is -0.420. The Bertz CT molecular complexity index is 215. The molecule has 0 aliphatic heterocycles. The molecule has 0 aromatic heterocycles. The summed E-state index contributed by atoms with van der Waals surface area (Å²) >= 11 is 0. The van der Waals surface area contributed by atoms with Gasteiger partial charge in [-0.2, -0.15) is 0 Å². The fourth-order valence-corrected chi connectivity index (χ4v) is 2.00. The molecule has 0 aliphatic carbocycles. The number of ether oxygens (including phenoxy) is 4. The van der Waals surface area contributed by atoms with Gasteiger partial charge in [0.05, 0.1) is 37.6 Å². The number of aliphatic hydroxyl groups excluding tert-OH is 2. The van der Waals surface area contributed by atoms with Gasteiger partial charge in [0.25, 0.3) is 0 Å². The molecular formula is C16H34O6. The predicted molar refractivity (Wildman–Crippen MR) is 85.1 cm³/mol. The van der Waals surface area contributed by atoms with E-state index in [4.69, 9.17) is 18.9 Å². The third-order valence-electron chi connectivity index (χ3n) is 3.50. The molecule has 0 bridgehead atoms. The van der Waals surface area contributed by atoms with Gasteiger partial charge in [-0.25, -0.2) is 0 Å². The minimum Gasteiger partial charge on any atom is -0.391 e. The first-order valence-electron chi connectivity index (χ1n) is 8.08. The van der Waals surface area contributed by atoms with E-state index < -0.39 is 12.2 Å². The summed E-state index contributed by atoms with van der Waals surface area (Å²) in [6, 6.07) is 0. The highest BCUT2D eigenvalue weighted by Crippen LogP contribution is 2.07. The van der Waals surface area contributed by atoms with E-state index in [2.05, 4.69) is 0 Å². The Hall–Kier alpha value is -0.240. The second kappa shape index (κ2) is 14.4. The molecule has 0 fully saturated rings. The molecule has 4 unspecified atom stereocenters. The molecule has 0 aromatic rings.